The Morgan fingerprint density at radius 1 is 1.56 bits per heavy atom. The van der Waals surface area contributed by atoms with Crippen LogP contribution < -0.4 is 10.5 Å². The highest BCUT2D eigenvalue weighted by molar-refractivity contribution is 5.29. The Hall–Kier alpha value is -1.35. The van der Waals surface area contributed by atoms with Crippen molar-refractivity contribution in [3.63, 3.8) is 0 Å². The van der Waals surface area contributed by atoms with Gasteiger partial charge in [-0.05, 0) is 32.4 Å². The molecular weight excluding hydrogens is 200 g/mol. The maximum atomic E-state index is 5.79. The quantitative estimate of drug-likeness (QED) is 0.591. The SMILES string of the molecule is C=CCCOc1ccc(C)nc1CC(C)N. The molecule has 0 amide bonds. The molecule has 0 bridgehead atoms. The number of hydrogen-bond donors (Lipinski definition) is 1. The van der Waals surface area contributed by atoms with Crippen molar-refractivity contribution in [2.75, 3.05) is 6.61 Å². The highest BCUT2D eigenvalue weighted by Gasteiger charge is 2.07. The van der Waals surface area contributed by atoms with E-state index in [1.54, 1.807) is 0 Å². The van der Waals surface area contributed by atoms with E-state index in [2.05, 4.69) is 11.6 Å². The second-order valence-corrected chi connectivity index (χ2v) is 4.00. The van der Waals surface area contributed by atoms with Crippen LogP contribution in [-0.4, -0.2) is 17.6 Å². The lowest BCUT2D eigenvalue weighted by Gasteiger charge is -2.12. The summed E-state index contributed by atoms with van der Waals surface area (Å²) in [6.07, 6.45) is 3.42. The first kappa shape index (κ1) is 12.7. The van der Waals surface area contributed by atoms with E-state index >= 15 is 0 Å². The minimum absolute atomic E-state index is 0.0936. The van der Waals surface area contributed by atoms with E-state index in [1.165, 1.54) is 0 Å². The highest BCUT2D eigenvalue weighted by atomic mass is 16.5. The molecule has 1 unspecified atom stereocenters. The van der Waals surface area contributed by atoms with Gasteiger partial charge in [-0.25, -0.2) is 0 Å². The molecule has 0 saturated carbocycles. The lowest BCUT2D eigenvalue weighted by atomic mass is 10.1. The van der Waals surface area contributed by atoms with Crippen molar-refractivity contribution >= 4 is 0 Å². The van der Waals surface area contributed by atoms with Crippen LogP contribution in [0.15, 0.2) is 24.8 Å². The first-order valence-electron chi connectivity index (χ1n) is 5.59. The normalized spacial score (nSPS) is 12.2. The molecule has 0 aliphatic rings. The Morgan fingerprint density at radius 2 is 2.31 bits per heavy atom. The summed E-state index contributed by atoms with van der Waals surface area (Å²) in [5, 5.41) is 0. The van der Waals surface area contributed by atoms with Crippen molar-refractivity contribution in [3.8, 4) is 5.75 Å². The lowest BCUT2D eigenvalue weighted by molar-refractivity contribution is 0.319. The monoisotopic (exact) mass is 220 g/mol. The molecule has 0 spiro atoms. The number of pyridine rings is 1. The Labute approximate surface area is 97.3 Å². The number of rotatable bonds is 6. The van der Waals surface area contributed by atoms with E-state index in [0.29, 0.717) is 6.61 Å². The fourth-order valence-corrected chi connectivity index (χ4v) is 1.43. The molecule has 3 nitrogen and oxygen atoms in total. The number of nitrogens with two attached hydrogens (primary N) is 1. The van der Waals surface area contributed by atoms with E-state index in [0.717, 1.165) is 30.0 Å². The fraction of sp³-hybridized carbons (Fsp3) is 0.462. The van der Waals surface area contributed by atoms with Crippen molar-refractivity contribution < 1.29 is 4.74 Å². The molecular formula is C13H20N2O. The van der Waals surface area contributed by atoms with Crippen LogP contribution in [0.4, 0.5) is 0 Å². The lowest BCUT2D eigenvalue weighted by Crippen LogP contribution is -2.19. The van der Waals surface area contributed by atoms with Gasteiger partial charge >= 0.3 is 0 Å². The second-order valence-electron chi connectivity index (χ2n) is 4.00. The Kier molecular flexibility index (Phi) is 4.99. The van der Waals surface area contributed by atoms with Crippen molar-refractivity contribution in [2.24, 2.45) is 5.73 Å². The van der Waals surface area contributed by atoms with Crippen LogP contribution in [0, 0.1) is 6.92 Å². The molecule has 1 aromatic rings. The van der Waals surface area contributed by atoms with Crippen LogP contribution in [0.3, 0.4) is 0 Å². The first-order chi connectivity index (χ1) is 7.63. The van der Waals surface area contributed by atoms with Gasteiger partial charge in [0.1, 0.15) is 5.75 Å². The van der Waals surface area contributed by atoms with Gasteiger partial charge in [-0.1, -0.05) is 6.08 Å². The molecule has 0 radical (unpaired) electrons. The predicted octanol–water partition coefficient (Wildman–Crippen LogP) is 2.23. The van der Waals surface area contributed by atoms with Crippen LogP contribution in [0.2, 0.25) is 0 Å². The molecule has 3 heteroatoms. The largest absolute Gasteiger partial charge is 0.491 e. The van der Waals surface area contributed by atoms with Gasteiger partial charge < -0.3 is 10.5 Å². The number of aryl methyl sites for hydroxylation is 1. The molecule has 1 heterocycles. The minimum atomic E-state index is 0.0936. The summed E-state index contributed by atoms with van der Waals surface area (Å²) in [4.78, 5) is 4.46. The molecule has 2 N–H and O–H groups in total. The smallest absolute Gasteiger partial charge is 0.140 e. The first-order valence-corrected chi connectivity index (χ1v) is 5.59. The number of nitrogens with zero attached hydrogens (tertiary/aromatic N) is 1. The molecule has 1 aromatic heterocycles. The summed E-state index contributed by atoms with van der Waals surface area (Å²) in [7, 11) is 0. The van der Waals surface area contributed by atoms with Gasteiger partial charge in [-0.3, -0.25) is 4.98 Å². The second kappa shape index (κ2) is 6.28. The zero-order valence-corrected chi connectivity index (χ0v) is 10.1. The van der Waals surface area contributed by atoms with Gasteiger partial charge in [0.2, 0.25) is 0 Å². The van der Waals surface area contributed by atoms with Crippen LogP contribution in [0.25, 0.3) is 0 Å². The van der Waals surface area contributed by atoms with E-state index < -0.39 is 0 Å². The fourth-order valence-electron chi connectivity index (χ4n) is 1.43. The van der Waals surface area contributed by atoms with Gasteiger partial charge in [0.15, 0.2) is 0 Å². The number of aromatic nitrogens is 1. The molecule has 0 saturated heterocycles. The number of hydrogen-bond acceptors (Lipinski definition) is 3. The van der Waals surface area contributed by atoms with E-state index in [9.17, 15) is 0 Å². The van der Waals surface area contributed by atoms with Crippen molar-refractivity contribution in [3.05, 3.63) is 36.2 Å². The van der Waals surface area contributed by atoms with E-state index in [4.69, 9.17) is 10.5 Å². The van der Waals surface area contributed by atoms with Gasteiger partial charge in [-0.15, -0.1) is 6.58 Å². The molecule has 88 valence electrons. The van der Waals surface area contributed by atoms with Gasteiger partial charge in [0.05, 0.1) is 12.3 Å². The van der Waals surface area contributed by atoms with Crippen molar-refractivity contribution in [1.82, 2.24) is 4.98 Å². The molecule has 16 heavy (non-hydrogen) atoms. The average Bonchev–Trinajstić information content (AvgIpc) is 2.20. The summed E-state index contributed by atoms with van der Waals surface area (Å²) < 4.78 is 5.64. The topological polar surface area (TPSA) is 48.1 Å². The summed E-state index contributed by atoms with van der Waals surface area (Å²) in [6.45, 7) is 8.24. The minimum Gasteiger partial charge on any atom is -0.491 e. The summed E-state index contributed by atoms with van der Waals surface area (Å²) >= 11 is 0. The van der Waals surface area contributed by atoms with Gasteiger partial charge in [0.25, 0.3) is 0 Å². The van der Waals surface area contributed by atoms with E-state index in [1.807, 2.05) is 32.1 Å². The van der Waals surface area contributed by atoms with E-state index in [-0.39, 0.29) is 6.04 Å². The summed E-state index contributed by atoms with van der Waals surface area (Å²) in [6, 6.07) is 4.01. The average molecular weight is 220 g/mol. The summed E-state index contributed by atoms with van der Waals surface area (Å²) in [5.74, 6) is 0.838. The summed E-state index contributed by atoms with van der Waals surface area (Å²) in [5.41, 5.74) is 7.72. The molecule has 0 aromatic carbocycles. The molecule has 0 fully saturated rings. The zero-order valence-electron chi connectivity index (χ0n) is 10.1. The Morgan fingerprint density at radius 3 is 2.94 bits per heavy atom. The van der Waals surface area contributed by atoms with Crippen LogP contribution >= 0.6 is 0 Å². The van der Waals surface area contributed by atoms with Crippen LogP contribution in [-0.2, 0) is 6.42 Å². The molecule has 0 aliphatic carbocycles. The van der Waals surface area contributed by atoms with Crippen molar-refractivity contribution in [2.45, 2.75) is 32.7 Å². The third kappa shape index (κ3) is 4.03. The molecule has 1 atom stereocenters. The Balaban J connectivity index is 2.76. The van der Waals surface area contributed by atoms with Crippen LogP contribution in [0.1, 0.15) is 24.7 Å². The van der Waals surface area contributed by atoms with Gasteiger partial charge in [0, 0.05) is 18.2 Å². The third-order valence-electron chi connectivity index (χ3n) is 2.17. The van der Waals surface area contributed by atoms with Gasteiger partial charge in [-0.2, -0.15) is 0 Å². The molecule has 0 aliphatic heterocycles. The predicted molar refractivity (Wildman–Crippen MR) is 66.6 cm³/mol. The third-order valence-corrected chi connectivity index (χ3v) is 2.17. The number of ether oxygens (including phenoxy) is 1. The zero-order chi connectivity index (χ0) is 12.0. The standard InChI is InChI=1S/C13H20N2O/c1-4-5-8-16-13-7-6-11(3)15-12(13)9-10(2)14/h4,6-7,10H,1,5,8-9,14H2,2-3H3. The molecule has 1 rings (SSSR count). The maximum Gasteiger partial charge on any atom is 0.140 e. The van der Waals surface area contributed by atoms with Crippen LogP contribution in [0.5, 0.6) is 5.75 Å². The van der Waals surface area contributed by atoms with Crippen molar-refractivity contribution in [1.29, 1.82) is 0 Å². The maximum absolute atomic E-state index is 5.79. The highest BCUT2D eigenvalue weighted by Crippen LogP contribution is 2.18. The Bertz CT molecular complexity index is 348.